The van der Waals surface area contributed by atoms with Crippen LogP contribution in [-0.4, -0.2) is 5.11 Å². The van der Waals surface area contributed by atoms with E-state index in [1.807, 2.05) is 0 Å². The minimum absolute atomic E-state index is 0.286. The van der Waals surface area contributed by atoms with Crippen LogP contribution in [-0.2, 0) is 6.42 Å². The Morgan fingerprint density at radius 2 is 1.89 bits per heavy atom. The summed E-state index contributed by atoms with van der Waals surface area (Å²) in [6.07, 6.45) is -0.503. The van der Waals surface area contributed by atoms with Gasteiger partial charge in [0.25, 0.3) is 0 Å². The van der Waals surface area contributed by atoms with Crippen LogP contribution in [0, 0.1) is 5.82 Å². The predicted octanol–water partition coefficient (Wildman–Crippen LogP) is 5.28. The van der Waals surface area contributed by atoms with Gasteiger partial charge in [-0.1, -0.05) is 39.7 Å². The zero-order chi connectivity index (χ0) is 14.0. The zero-order valence-corrected chi connectivity index (χ0v) is 13.6. The van der Waals surface area contributed by atoms with E-state index in [1.54, 1.807) is 24.3 Å². The van der Waals surface area contributed by atoms with Crippen LogP contribution in [0.15, 0.2) is 45.3 Å². The van der Waals surface area contributed by atoms with E-state index in [9.17, 15) is 9.50 Å². The van der Waals surface area contributed by atoms with Crippen molar-refractivity contribution in [3.05, 3.63) is 67.3 Å². The number of benzene rings is 2. The lowest BCUT2D eigenvalue weighted by atomic mass is 10.0. The van der Waals surface area contributed by atoms with Crippen LogP contribution in [0.25, 0.3) is 0 Å². The number of hydrogen-bond acceptors (Lipinski definition) is 1. The van der Waals surface area contributed by atoms with E-state index in [4.69, 9.17) is 11.6 Å². The van der Waals surface area contributed by atoms with Crippen molar-refractivity contribution < 1.29 is 9.50 Å². The summed E-state index contributed by atoms with van der Waals surface area (Å²) in [6.45, 7) is 0. The van der Waals surface area contributed by atoms with E-state index in [0.29, 0.717) is 16.1 Å². The largest absolute Gasteiger partial charge is 0.388 e. The lowest BCUT2D eigenvalue weighted by molar-refractivity contribution is 0.178. The Kier molecular flexibility index (Phi) is 5.01. The maximum absolute atomic E-state index is 13.2. The molecular weight excluding hydrogens is 398 g/mol. The van der Waals surface area contributed by atoms with E-state index in [0.717, 1.165) is 8.95 Å². The third-order valence-corrected chi connectivity index (χ3v) is 4.85. The molecule has 0 aromatic heterocycles. The molecule has 2 aromatic carbocycles. The van der Waals surface area contributed by atoms with Gasteiger partial charge in [-0.3, -0.25) is 0 Å². The van der Waals surface area contributed by atoms with Crippen molar-refractivity contribution in [1.29, 1.82) is 0 Å². The van der Waals surface area contributed by atoms with Gasteiger partial charge in [0.05, 0.1) is 11.1 Å². The average molecular weight is 408 g/mol. The van der Waals surface area contributed by atoms with E-state index in [1.165, 1.54) is 12.1 Å². The third-order valence-electron chi connectivity index (χ3n) is 2.76. The fourth-order valence-corrected chi connectivity index (χ4v) is 2.84. The van der Waals surface area contributed by atoms with Gasteiger partial charge in [-0.2, -0.15) is 0 Å². The maximum Gasteiger partial charge on any atom is 0.123 e. The second-order valence-corrected chi connectivity index (χ2v) is 6.19. The van der Waals surface area contributed by atoms with E-state index >= 15 is 0 Å². The molecule has 2 rings (SSSR count). The normalized spacial score (nSPS) is 12.5. The minimum atomic E-state index is -0.789. The molecule has 0 fully saturated rings. The van der Waals surface area contributed by atoms with E-state index in [-0.39, 0.29) is 12.2 Å². The van der Waals surface area contributed by atoms with Gasteiger partial charge in [-0.05, 0) is 45.8 Å². The molecule has 1 atom stereocenters. The van der Waals surface area contributed by atoms with Gasteiger partial charge in [-0.15, -0.1) is 0 Å². The van der Waals surface area contributed by atoms with Crippen molar-refractivity contribution >= 4 is 43.5 Å². The van der Waals surface area contributed by atoms with Crippen LogP contribution < -0.4 is 0 Å². The molecule has 0 radical (unpaired) electrons. The lowest BCUT2D eigenvalue weighted by Crippen LogP contribution is -2.04. The molecule has 5 heteroatoms. The summed E-state index contributed by atoms with van der Waals surface area (Å²) in [5, 5.41) is 10.7. The van der Waals surface area contributed by atoms with Gasteiger partial charge in [0, 0.05) is 20.9 Å². The lowest BCUT2D eigenvalue weighted by Gasteiger charge is -2.14. The highest BCUT2D eigenvalue weighted by Crippen LogP contribution is 2.32. The van der Waals surface area contributed by atoms with Crippen LogP contribution in [0.2, 0.25) is 5.02 Å². The highest BCUT2D eigenvalue weighted by Gasteiger charge is 2.15. The van der Waals surface area contributed by atoms with Crippen molar-refractivity contribution in [2.45, 2.75) is 12.5 Å². The highest BCUT2D eigenvalue weighted by molar-refractivity contribution is 9.10. The Bertz CT molecular complexity index is 604. The summed E-state index contributed by atoms with van der Waals surface area (Å²) in [4.78, 5) is 0. The number of aliphatic hydroxyl groups is 1. The molecule has 0 amide bonds. The van der Waals surface area contributed by atoms with Crippen LogP contribution in [0.5, 0.6) is 0 Å². The maximum atomic E-state index is 13.2. The van der Waals surface area contributed by atoms with Crippen molar-refractivity contribution in [3.63, 3.8) is 0 Å². The standard InChI is InChI=1S/C14H10Br2ClFO/c15-11-5-4-9(18)6-8(11)7-13(19)10-2-1-3-12(16)14(10)17/h1-6,13,19H,7H2. The molecule has 0 saturated carbocycles. The zero-order valence-electron chi connectivity index (χ0n) is 9.71. The highest BCUT2D eigenvalue weighted by atomic mass is 79.9. The molecule has 2 aromatic rings. The molecular formula is C14H10Br2ClFO. The Labute approximate surface area is 132 Å². The Hall–Kier alpha value is -0.420. The van der Waals surface area contributed by atoms with Gasteiger partial charge >= 0.3 is 0 Å². The number of hydrogen-bond donors (Lipinski definition) is 1. The first-order chi connectivity index (χ1) is 8.99. The fraction of sp³-hybridized carbons (Fsp3) is 0.143. The van der Waals surface area contributed by atoms with Crippen molar-refractivity contribution in [3.8, 4) is 0 Å². The van der Waals surface area contributed by atoms with Gasteiger partial charge in [0.1, 0.15) is 5.82 Å². The summed E-state index contributed by atoms with van der Waals surface area (Å²) >= 11 is 12.8. The molecule has 0 saturated heterocycles. The van der Waals surface area contributed by atoms with Crippen LogP contribution in [0.1, 0.15) is 17.2 Å². The Morgan fingerprint density at radius 3 is 2.63 bits per heavy atom. The topological polar surface area (TPSA) is 20.2 Å². The smallest absolute Gasteiger partial charge is 0.123 e. The molecule has 0 aliphatic carbocycles. The Morgan fingerprint density at radius 1 is 1.16 bits per heavy atom. The van der Waals surface area contributed by atoms with Gasteiger partial charge < -0.3 is 5.11 Å². The summed E-state index contributed by atoms with van der Waals surface area (Å²) < 4.78 is 14.7. The molecule has 1 N–H and O–H groups in total. The van der Waals surface area contributed by atoms with Gasteiger partial charge in [-0.25, -0.2) is 4.39 Å². The summed E-state index contributed by atoms with van der Waals surface area (Å²) in [5.41, 5.74) is 1.32. The molecule has 19 heavy (non-hydrogen) atoms. The summed E-state index contributed by atoms with van der Waals surface area (Å²) in [6, 6.07) is 9.75. The molecule has 1 unspecified atom stereocenters. The molecule has 100 valence electrons. The van der Waals surface area contributed by atoms with Gasteiger partial charge in [0.2, 0.25) is 0 Å². The third kappa shape index (κ3) is 3.57. The Balaban J connectivity index is 2.28. The molecule has 0 spiro atoms. The minimum Gasteiger partial charge on any atom is -0.388 e. The number of rotatable bonds is 3. The SMILES string of the molecule is OC(Cc1cc(F)ccc1Br)c1cccc(Br)c1Cl. The second-order valence-electron chi connectivity index (χ2n) is 4.10. The quantitative estimate of drug-likeness (QED) is 0.733. The van der Waals surface area contributed by atoms with Crippen LogP contribution in [0.4, 0.5) is 4.39 Å². The van der Waals surface area contributed by atoms with E-state index in [2.05, 4.69) is 31.9 Å². The fourth-order valence-electron chi connectivity index (χ4n) is 1.80. The van der Waals surface area contributed by atoms with Crippen LogP contribution in [0.3, 0.4) is 0 Å². The first-order valence-corrected chi connectivity index (χ1v) is 7.51. The number of aliphatic hydroxyl groups excluding tert-OH is 1. The predicted molar refractivity (Wildman–Crippen MR) is 81.9 cm³/mol. The van der Waals surface area contributed by atoms with Crippen molar-refractivity contribution in [1.82, 2.24) is 0 Å². The van der Waals surface area contributed by atoms with Gasteiger partial charge in [0.15, 0.2) is 0 Å². The van der Waals surface area contributed by atoms with Crippen LogP contribution >= 0.6 is 43.5 Å². The molecule has 0 aliphatic rings. The molecule has 0 aliphatic heterocycles. The second kappa shape index (κ2) is 6.35. The summed E-state index contributed by atoms with van der Waals surface area (Å²) in [7, 11) is 0. The van der Waals surface area contributed by atoms with Crippen molar-refractivity contribution in [2.75, 3.05) is 0 Å². The van der Waals surface area contributed by atoms with Crippen molar-refractivity contribution in [2.24, 2.45) is 0 Å². The monoisotopic (exact) mass is 406 g/mol. The molecule has 1 nitrogen and oxygen atoms in total. The number of halogens is 4. The summed E-state index contributed by atoms with van der Waals surface area (Å²) in [5.74, 6) is -0.328. The first kappa shape index (κ1) is 15.0. The van der Waals surface area contributed by atoms with E-state index < -0.39 is 6.10 Å². The average Bonchev–Trinajstić information content (AvgIpc) is 2.37. The molecule has 0 heterocycles. The first-order valence-electron chi connectivity index (χ1n) is 5.55. The molecule has 0 bridgehead atoms.